The summed E-state index contributed by atoms with van der Waals surface area (Å²) in [6.45, 7) is 1.95. The maximum Gasteiger partial charge on any atom is 0.235 e. The van der Waals surface area contributed by atoms with Crippen molar-refractivity contribution < 1.29 is 8.42 Å². The minimum absolute atomic E-state index is 0.0364. The average molecular weight is 262 g/mol. The van der Waals surface area contributed by atoms with E-state index in [2.05, 4.69) is 4.98 Å². The van der Waals surface area contributed by atoms with E-state index >= 15 is 0 Å². The molecule has 0 unspecified atom stereocenters. The van der Waals surface area contributed by atoms with Crippen LogP contribution >= 0.6 is 0 Å². The number of sulfonamides is 1. The van der Waals surface area contributed by atoms with Crippen LogP contribution in [0.25, 0.3) is 10.8 Å². The number of nitrogens with zero attached hydrogens (tertiary/aromatic N) is 2. The normalized spacial score (nSPS) is 22.5. The van der Waals surface area contributed by atoms with Crippen molar-refractivity contribution in [3.8, 4) is 0 Å². The van der Waals surface area contributed by atoms with Gasteiger partial charge in [-0.1, -0.05) is 6.07 Å². The van der Waals surface area contributed by atoms with Crippen molar-refractivity contribution in [3.05, 3.63) is 36.7 Å². The average Bonchev–Trinajstić information content (AvgIpc) is 2.63. The van der Waals surface area contributed by atoms with Gasteiger partial charge in [0.05, 0.1) is 11.4 Å². The topological polar surface area (TPSA) is 50.3 Å². The number of pyridine rings is 1. The summed E-state index contributed by atoms with van der Waals surface area (Å²) >= 11 is 0. The first-order valence-electron chi connectivity index (χ1n) is 5.94. The smallest absolute Gasteiger partial charge is 0.235 e. The third-order valence-corrected chi connectivity index (χ3v) is 5.29. The first kappa shape index (κ1) is 11.5. The Bertz CT molecular complexity index is 697. The molecule has 1 aliphatic heterocycles. The van der Waals surface area contributed by atoms with Crippen molar-refractivity contribution in [1.82, 2.24) is 4.98 Å². The van der Waals surface area contributed by atoms with Crippen LogP contribution in [0.2, 0.25) is 0 Å². The monoisotopic (exact) mass is 262 g/mol. The Morgan fingerprint density at radius 2 is 2.11 bits per heavy atom. The molecule has 0 radical (unpaired) electrons. The summed E-state index contributed by atoms with van der Waals surface area (Å²) in [4.78, 5) is 4.05. The van der Waals surface area contributed by atoms with Crippen LogP contribution in [0.3, 0.4) is 0 Å². The standard InChI is InChI=1S/C13H14N2O2S/c1-10-5-7-18(16,17)15(10)13-3-2-12-9-14-6-4-11(12)8-13/h2-4,6,8-10H,5,7H2,1H3/t10-/m0/s1. The molecule has 2 aromatic rings. The van der Waals surface area contributed by atoms with E-state index in [-0.39, 0.29) is 11.8 Å². The molecular weight excluding hydrogens is 248 g/mol. The third kappa shape index (κ3) is 1.75. The van der Waals surface area contributed by atoms with Crippen LogP contribution in [0.4, 0.5) is 5.69 Å². The molecule has 0 aliphatic carbocycles. The summed E-state index contributed by atoms with van der Waals surface area (Å²) in [5, 5.41) is 2.03. The van der Waals surface area contributed by atoms with E-state index in [0.717, 1.165) is 16.5 Å². The molecule has 94 valence electrons. The third-order valence-electron chi connectivity index (χ3n) is 3.37. The fourth-order valence-electron chi connectivity index (χ4n) is 2.43. The van der Waals surface area contributed by atoms with Crippen LogP contribution in [0.15, 0.2) is 36.7 Å². The number of benzene rings is 1. The number of fused-ring (bicyclic) bond motifs is 1. The molecule has 0 bridgehead atoms. The summed E-state index contributed by atoms with van der Waals surface area (Å²) in [7, 11) is -3.14. The number of hydrogen-bond acceptors (Lipinski definition) is 3. The second-order valence-corrected chi connectivity index (χ2v) is 6.62. The van der Waals surface area contributed by atoms with Gasteiger partial charge < -0.3 is 0 Å². The lowest BCUT2D eigenvalue weighted by Gasteiger charge is -2.22. The highest BCUT2D eigenvalue weighted by atomic mass is 32.2. The van der Waals surface area contributed by atoms with Crippen LogP contribution in [0.1, 0.15) is 13.3 Å². The summed E-state index contributed by atoms with van der Waals surface area (Å²) in [5.41, 5.74) is 0.749. The van der Waals surface area contributed by atoms with E-state index in [9.17, 15) is 8.42 Å². The highest BCUT2D eigenvalue weighted by molar-refractivity contribution is 7.93. The number of aromatic nitrogens is 1. The second-order valence-electron chi connectivity index (χ2n) is 4.66. The van der Waals surface area contributed by atoms with E-state index in [1.54, 1.807) is 12.4 Å². The minimum atomic E-state index is -3.14. The van der Waals surface area contributed by atoms with Gasteiger partial charge in [-0.25, -0.2) is 8.42 Å². The van der Waals surface area contributed by atoms with Gasteiger partial charge in [0.25, 0.3) is 0 Å². The molecule has 1 aromatic carbocycles. The lowest BCUT2D eigenvalue weighted by molar-refractivity contribution is 0.597. The predicted molar refractivity (Wildman–Crippen MR) is 72.1 cm³/mol. The molecule has 4 nitrogen and oxygen atoms in total. The van der Waals surface area contributed by atoms with Crippen LogP contribution < -0.4 is 4.31 Å². The molecule has 0 saturated carbocycles. The summed E-state index contributed by atoms with van der Waals surface area (Å²) in [5.74, 6) is 0.239. The summed E-state index contributed by atoms with van der Waals surface area (Å²) < 4.78 is 25.6. The van der Waals surface area contributed by atoms with Crippen molar-refractivity contribution in [2.75, 3.05) is 10.1 Å². The lowest BCUT2D eigenvalue weighted by atomic mass is 10.1. The Morgan fingerprint density at radius 1 is 1.28 bits per heavy atom. The van der Waals surface area contributed by atoms with Crippen molar-refractivity contribution >= 4 is 26.5 Å². The van der Waals surface area contributed by atoms with Crippen molar-refractivity contribution in [3.63, 3.8) is 0 Å². The Hall–Kier alpha value is -1.62. The fourth-order valence-corrected chi connectivity index (χ4v) is 4.36. The van der Waals surface area contributed by atoms with Gasteiger partial charge in [-0.15, -0.1) is 0 Å². The van der Waals surface area contributed by atoms with E-state index in [0.29, 0.717) is 6.42 Å². The number of hydrogen-bond donors (Lipinski definition) is 0. The van der Waals surface area contributed by atoms with Gasteiger partial charge in [0.1, 0.15) is 0 Å². The Labute approximate surface area is 106 Å². The molecule has 1 saturated heterocycles. The van der Waals surface area contributed by atoms with Gasteiger partial charge in [-0.05, 0) is 36.9 Å². The highest BCUT2D eigenvalue weighted by Gasteiger charge is 2.34. The molecule has 1 atom stereocenters. The first-order valence-corrected chi connectivity index (χ1v) is 7.55. The number of rotatable bonds is 1. The van der Waals surface area contributed by atoms with Crippen LogP contribution in [0.5, 0.6) is 0 Å². The molecule has 18 heavy (non-hydrogen) atoms. The van der Waals surface area contributed by atoms with E-state index in [4.69, 9.17) is 0 Å². The quantitative estimate of drug-likeness (QED) is 0.791. The summed E-state index contributed by atoms with van der Waals surface area (Å²) in [6, 6.07) is 7.61. The van der Waals surface area contributed by atoms with Gasteiger partial charge in [0.2, 0.25) is 10.0 Å². The van der Waals surface area contributed by atoms with Crippen LogP contribution in [0, 0.1) is 0 Å². The molecule has 1 fully saturated rings. The van der Waals surface area contributed by atoms with Crippen LogP contribution in [-0.2, 0) is 10.0 Å². The Morgan fingerprint density at radius 3 is 2.83 bits per heavy atom. The largest absolute Gasteiger partial charge is 0.267 e. The zero-order valence-corrected chi connectivity index (χ0v) is 10.9. The molecule has 1 aliphatic rings. The Kier molecular flexibility index (Phi) is 2.52. The Balaban J connectivity index is 2.14. The molecule has 0 N–H and O–H groups in total. The van der Waals surface area contributed by atoms with Gasteiger partial charge in [-0.2, -0.15) is 0 Å². The van der Waals surface area contributed by atoms with Crippen molar-refractivity contribution in [2.45, 2.75) is 19.4 Å². The molecular formula is C13H14N2O2S. The minimum Gasteiger partial charge on any atom is -0.267 e. The second kappa shape index (κ2) is 3.95. The maximum absolute atomic E-state index is 12.0. The first-order chi connectivity index (χ1) is 8.58. The van der Waals surface area contributed by atoms with Gasteiger partial charge in [0.15, 0.2) is 0 Å². The van der Waals surface area contributed by atoms with Gasteiger partial charge in [0, 0.05) is 23.8 Å². The summed E-state index contributed by atoms with van der Waals surface area (Å²) in [6.07, 6.45) is 4.19. The van der Waals surface area contributed by atoms with Gasteiger partial charge in [-0.3, -0.25) is 9.29 Å². The van der Waals surface area contributed by atoms with Crippen molar-refractivity contribution in [1.29, 1.82) is 0 Å². The lowest BCUT2D eigenvalue weighted by Crippen LogP contribution is -2.31. The zero-order valence-electron chi connectivity index (χ0n) is 10.1. The fraction of sp³-hybridized carbons (Fsp3) is 0.308. The molecule has 0 spiro atoms. The predicted octanol–water partition coefficient (Wildman–Crippen LogP) is 2.16. The maximum atomic E-state index is 12.0. The zero-order chi connectivity index (χ0) is 12.8. The van der Waals surface area contributed by atoms with E-state index in [1.807, 2.05) is 31.2 Å². The van der Waals surface area contributed by atoms with E-state index in [1.165, 1.54) is 4.31 Å². The molecule has 2 heterocycles. The molecule has 3 rings (SSSR count). The van der Waals surface area contributed by atoms with Crippen LogP contribution in [-0.4, -0.2) is 25.2 Å². The van der Waals surface area contributed by atoms with Crippen molar-refractivity contribution in [2.24, 2.45) is 0 Å². The van der Waals surface area contributed by atoms with E-state index < -0.39 is 10.0 Å². The SMILES string of the molecule is C[C@H]1CCS(=O)(=O)N1c1ccc2cnccc2c1. The highest BCUT2D eigenvalue weighted by Crippen LogP contribution is 2.30. The van der Waals surface area contributed by atoms with Gasteiger partial charge >= 0.3 is 0 Å². The molecule has 0 amide bonds. The molecule has 5 heteroatoms. The number of anilines is 1. The molecule has 1 aromatic heterocycles.